The lowest BCUT2D eigenvalue weighted by Gasteiger charge is -2.31. The van der Waals surface area contributed by atoms with Crippen molar-refractivity contribution in [2.24, 2.45) is 11.7 Å². The van der Waals surface area contributed by atoms with Crippen molar-refractivity contribution in [2.45, 2.75) is 18.1 Å². The predicted octanol–water partition coefficient (Wildman–Crippen LogP) is -2.39. The lowest BCUT2D eigenvalue weighted by Crippen LogP contribution is -2.62. The molecule has 0 saturated carbocycles. The Hall–Kier alpha value is -1.30. The molecular formula is C22H43N9. The lowest BCUT2D eigenvalue weighted by molar-refractivity contribution is 0.309. The second-order valence-electron chi connectivity index (χ2n) is 8.99. The first-order valence-electron chi connectivity index (χ1n) is 11.8. The molecule has 3 heterocycles. The van der Waals surface area contributed by atoms with E-state index in [0.717, 1.165) is 90.8 Å². The second-order valence-corrected chi connectivity index (χ2v) is 8.99. The van der Waals surface area contributed by atoms with Gasteiger partial charge in [0.05, 0.1) is 5.54 Å². The van der Waals surface area contributed by atoms with E-state index in [0.29, 0.717) is 12.0 Å². The maximum absolute atomic E-state index is 6.69. The van der Waals surface area contributed by atoms with E-state index in [9.17, 15) is 0 Å². The molecule has 3 aliphatic heterocycles. The van der Waals surface area contributed by atoms with Crippen LogP contribution in [0.25, 0.3) is 0 Å². The van der Waals surface area contributed by atoms with Crippen LogP contribution in [0, 0.1) is 5.92 Å². The minimum absolute atomic E-state index is 0.296. The van der Waals surface area contributed by atoms with Crippen molar-refractivity contribution < 1.29 is 0 Å². The molecule has 9 nitrogen and oxygen atoms in total. The number of rotatable bonds is 3. The minimum Gasteiger partial charge on any atom is -0.399 e. The summed E-state index contributed by atoms with van der Waals surface area (Å²) < 4.78 is 0. The number of nitrogens with two attached hydrogens (primary N) is 2. The monoisotopic (exact) mass is 433 g/mol. The Kier molecular flexibility index (Phi) is 10.4. The summed E-state index contributed by atoms with van der Waals surface area (Å²) in [5, 5.41) is 25.4. The molecule has 31 heavy (non-hydrogen) atoms. The highest BCUT2D eigenvalue weighted by Gasteiger charge is 2.25. The van der Waals surface area contributed by atoms with Crippen LogP contribution in [-0.2, 0) is 6.54 Å². The van der Waals surface area contributed by atoms with Gasteiger partial charge in [-0.2, -0.15) is 0 Å². The van der Waals surface area contributed by atoms with Gasteiger partial charge in [-0.05, 0) is 17.7 Å². The molecule has 2 bridgehead atoms. The molecule has 1 atom stereocenters. The van der Waals surface area contributed by atoms with Crippen LogP contribution in [-0.4, -0.2) is 90.1 Å². The Morgan fingerprint density at radius 1 is 0.742 bits per heavy atom. The van der Waals surface area contributed by atoms with Crippen molar-refractivity contribution in [3.63, 3.8) is 0 Å². The third-order valence-electron chi connectivity index (χ3n) is 6.16. The molecule has 4 rings (SSSR count). The molecule has 0 amide bonds. The number of hydrogen-bond acceptors (Lipinski definition) is 9. The summed E-state index contributed by atoms with van der Waals surface area (Å²) in [6.45, 7) is 11.6. The van der Waals surface area contributed by atoms with E-state index >= 15 is 0 Å². The Morgan fingerprint density at radius 3 is 1.77 bits per heavy atom. The zero-order valence-electron chi connectivity index (χ0n) is 18.8. The Labute approximate surface area is 187 Å². The molecule has 11 N–H and O–H groups in total. The van der Waals surface area contributed by atoms with Gasteiger partial charge >= 0.3 is 0 Å². The Morgan fingerprint density at radius 2 is 1.23 bits per heavy atom. The number of hydrogen-bond donors (Lipinski definition) is 9. The molecule has 1 aromatic rings. The van der Waals surface area contributed by atoms with E-state index in [-0.39, 0.29) is 5.54 Å². The van der Waals surface area contributed by atoms with Gasteiger partial charge in [0.15, 0.2) is 0 Å². The van der Waals surface area contributed by atoms with E-state index in [1.807, 2.05) is 12.1 Å². The SMILES string of the molecule is Nc1ccc(CN[C@H]2CNCCNCC3(N)CNCCNCC2CNCCNC3)cc1. The predicted molar refractivity (Wildman–Crippen MR) is 129 cm³/mol. The number of nitrogens with one attached hydrogen (secondary N) is 7. The lowest BCUT2D eigenvalue weighted by atomic mass is 9.98. The summed E-state index contributed by atoms with van der Waals surface area (Å²) in [6.07, 6.45) is 0. The summed E-state index contributed by atoms with van der Waals surface area (Å²) in [4.78, 5) is 0. The van der Waals surface area contributed by atoms with Crippen LogP contribution < -0.4 is 48.7 Å². The van der Waals surface area contributed by atoms with Crippen LogP contribution in [0.15, 0.2) is 24.3 Å². The van der Waals surface area contributed by atoms with E-state index in [1.54, 1.807) is 0 Å². The number of benzene rings is 1. The van der Waals surface area contributed by atoms with Gasteiger partial charge in [-0.15, -0.1) is 0 Å². The molecular weight excluding hydrogens is 390 g/mol. The Balaban J connectivity index is 1.67. The van der Waals surface area contributed by atoms with Crippen molar-refractivity contribution in [1.82, 2.24) is 37.2 Å². The standard InChI is InChI=1S/C22H43N9/c23-20-3-1-18(2-4-20)11-31-21-14-27-7-10-30-17-22(24)15-28-8-5-25-12-19(21)13-26-6-9-29-16-22/h1-4,19,21,25-31H,5-17,23-24H2/t19?,21-,22?/m0/s1. The number of nitrogen functional groups attached to an aromatic ring is 1. The molecule has 0 aromatic heterocycles. The van der Waals surface area contributed by atoms with Crippen molar-refractivity contribution in [2.75, 3.05) is 84.3 Å². The van der Waals surface area contributed by atoms with Gasteiger partial charge in [0, 0.05) is 103 Å². The number of fused-ring (bicyclic) bond motifs is 16. The van der Waals surface area contributed by atoms with Gasteiger partial charge in [-0.3, -0.25) is 0 Å². The molecule has 9 heteroatoms. The highest BCUT2D eigenvalue weighted by molar-refractivity contribution is 5.39. The fraction of sp³-hybridized carbons (Fsp3) is 0.727. The van der Waals surface area contributed by atoms with Crippen molar-refractivity contribution in [3.8, 4) is 0 Å². The first-order valence-corrected chi connectivity index (χ1v) is 11.8. The Bertz CT molecular complexity index is 594. The van der Waals surface area contributed by atoms with Gasteiger partial charge < -0.3 is 48.7 Å². The fourth-order valence-electron chi connectivity index (χ4n) is 4.21. The summed E-state index contributed by atoms with van der Waals surface area (Å²) >= 11 is 0. The molecule has 3 saturated heterocycles. The van der Waals surface area contributed by atoms with E-state index in [4.69, 9.17) is 11.5 Å². The van der Waals surface area contributed by atoms with Gasteiger partial charge in [0.25, 0.3) is 0 Å². The highest BCUT2D eigenvalue weighted by atomic mass is 15.1. The van der Waals surface area contributed by atoms with Gasteiger partial charge in [0.1, 0.15) is 0 Å². The summed E-state index contributed by atoms with van der Waals surface area (Å²) in [6, 6.07) is 8.49. The maximum atomic E-state index is 6.69. The van der Waals surface area contributed by atoms with E-state index in [1.165, 1.54) is 5.56 Å². The van der Waals surface area contributed by atoms with Gasteiger partial charge in [-0.1, -0.05) is 12.1 Å². The number of anilines is 1. The average Bonchev–Trinajstić information content (AvgIpc) is 2.77. The van der Waals surface area contributed by atoms with Crippen molar-refractivity contribution >= 4 is 5.69 Å². The van der Waals surface area contributed by atoms with Crippen LogP contribution in [0.5, 0.6) is 0 Å². The molecule has 0 radical (unpaired) electrons. The average molecular weight is 434 g/mol. The largest absolute Gasteiger partial charge is 0.399 e. The molecule has 0 spiro atoms. The van der Waals surface area contributed by atoms with Crippen LogP contribution in [0.1, 0.15) is 5.56 Å². The summed E-state index contributed by atoms with van der Waals surface area (Å²) in [5.41, 5.74) is 14.3. The smallest absolute Gasteiger partial charge is 0.0533 e. The first kappa shape index (κ1) is 24.3. The minimum atomic E-state index is -0.296. The summed E-state index contributed by atoms with van der Waals surface area (Å²) in [5.74, 6) is 0.468. The first-order chi connectivity index (χ1) is 15.1. The second kappa shape index (κ2) is 13.3. The van der Waals surface area contributed by atoms with Crippen LogP contribution in [0.4, 0.5) is 5.69 Å². The zero-order valence-corrected chi connectivity index (χ0v) is 18.8. The van der Waals surface area contributed by atoms with Crippen LogP contribution in [0.3, 0.4) is 0 Å². The normalized spacial score (nSPS) is 30.2. The van der Waals surface area contributed by atoms with Crippen molar-refractivity contribution in [3.05, 3.63) is 29.8 Å². The fourth-order valence-corrected chi connectivity index (χ4v) is 4.21. The third kappa shape index (κ3) is 8.99. The molecule has 3 aliphatic rings. The third-order valence-corrected chi connectivity index (χ3v) is 6.16. The maximum Gasteiger partial charge on any atom is 0.0533 e. The molecule has 0 unspecified atom stereocenters. The van der Waals surface area contributed by atoms with Crippen molar-refractivity contribution in [1.29, 1.82) is 0 Å². The topological polar surface area (TPSA) is 136 Å². The summed E-state index contributed by atoms with van der Waals surface area (Å²) in [7, 11) is 0. The van der Waals surface area contributed by atoms with E-state index < -0.39 is 0 Å². The molecule has 176 valence electrons. The van der Waals surface area contributed by atoms with Crippen LogP contribution in [0.2, 0.25) is 0 Å². The highest BCUT2D eigenvalue weighted by Crippen LogP contribution is 2.08. The zero-order chi connectivity index (χ0) is 21.8. The molecule has 3 fully saturated rings. The molecule has 0 aliphatic carbocycles. The quantitative estimate of drug-likeness (QED) is 0.239. The van der Waals surface area contributed by atoms with Crippen LogP contribution >= 0.6 is 0 Å². The van der Waals surface area contributed by atoms with E-state index in [2.05, 4.69) is 49.4 Å². The molecule has 1 aromatic carbocycles. The van der Waals surface area contributed by atoms with Gasteiger partial charge in [-0.25, -0.2) is 0 Å². The van der Waals surface area contributed by atoms with Gasteiger partial charge in [0.2, 0.25) is 0 Å².